The van der Waals surface area contributed by atoms with E-state index in [4.69, 9.17) is 0 Å². The molecule has 1 amide bonds. The number of carbonyl (C=O) groups excluding carboxylic acids is 2. The Hall–Kier alpha value is -0.693. The molecule has 1 unspecified atom stereocenters. The lowest BCUT2D eigenvalue weighted by atomic mass is 9.86. The standard InChI is InChI=1S/C14H24BrNO4Si/c1-14(2,3)21(4,5)16-11(13(19)20)10(12(16)18)7-6-9(15)8-17/h8-11H,6-7H2,1-5H3,(H,19,20)/t9?,10-,11+/m1/s1. The highest BCUT2D eigenvalue weighted by Crippen LogP contribution is 2.45. The Balaban J connectivity index is 2.93. The van der Waals surface area contributed by atoms with Gasteiger partial charge in [-0.1, -0.05) is 49.8 Å². The van der Waals surface area contributed by atoms with Crippen LogP contribution in [0.2, 0.25) is 18.1 Å². The SMILES string of the molecule is CC(C)(C)[Si](C)(C)N1C(=O)[C@H](CCC(Br)C=O)[C@H]1C(=O)O. The van der Waals surface area contributed by atoms with E-state index in [1.165, 1.54) is 0 Å². The minimum atomic E-state index is -2.20. The number of nitrogens with zero attached hydrogens (tertiary/aromatic N) is 1. The third-order valence-electron chi connectivity index (χ3n) is 4.81. The quantitative estimate of drug-likeness (QED) is 0.334. The Bertz CT molecular complexity index is 447. The average Bonchev–Trinajstić information content (AvgIpc) is 2.33. The molecule has 0 radical (unpaired) electrons. The number of carboxylic acids is 1. The molecule has 1 rings (SSSR count). The molecule has 21 heavy (non-hydrogen) atoms. The lowest BCUT2D eigenvalue weighted by Gasteiger charge is -2.56. The molecule has 1 aliphatic rings. The summed E-state index contributed by atoms with van der Waals surface area (Å²) in [6.07, 6.45) is 1.68. The molecule has 0 aromatic heterocycles. The normalized spacial score (nSPS) is 24.5. The van der Waals surface area contributed by atoms with Crippen molar-refractivity contribution in [1.29, 1.82) is 0 Å². The van der Waals surface area contributed by atoms with Gasteiger partial charge in [-0.3, -0.25) is 4.79 Å². The van der Waals surface area contributed by atoms with Crippen LogP contribution in [-0.2, 0) is 14.4 Å². The van der Waals surface area contributed by atoms with E-state index < -0.39 is 26.2 Å². The lowest BCUT2D eigenvalue weighted by Crippen LogP contribution is -2.74. The minimum absolute atomic E-state index is 0.0698. The maximum Gasteiger partial charge on any atom is 0.326 e. The molecule has 120 valence electrons. The van der Waals surface area contributed by atoms with Gasteiger partial charge in [-0.15, -0.1) is 0 Å². The third-order valence-corrected chi connectivity index (χ3v) is 10.9. The number of aldehydes is 1. The summed E-state index contributed by atoms with van der Waals surface area (Å²) in [7, 11) is -2.20. The van der Waals surface area contributed by atoms with Gasteiger partial charge in [0, 0.05) is 0 Å². The van der Waals surface area contributed by atoms with Crippen LogP contribution >= 0.6 is 15.9 Å². The molecular formula is C14H24BrNO4Si. The zero-order chi connectivity index (χ0) is 16.6. The van der Waals surface area contributed by atoms with Crippen LogP contribution in [-0.4, -0.2) is 46.9 Å². The number of hydrogen-bond donors (Lipinski definition) is 1. The Morgan fingerprint density at radius 2 is 2.00 bits per heavy atom. The number of aliphatic carboxylic acids is 1. The smallest absolute Gasteiger partial charge is 0.326 e. The summed E-state index contributed by atoms with van der Waals surface area (Å²) < 4.78 is 1.63. The summed E-state index contributed by atoms with van der Waals surface area (Å²) in [5.41, 5.74) is 0. The molecule has 5 nitrogen and oxygen atoms in total. The number of alkyl halides is 1. The van der Waals surface area contributed by atoms with E-state index in [-0.39, 0.29) is 15.8 Å². The molecular weight excluding hydrogens is 354 g/mol. The second kappa shape index (κ2) is 6.20. The van der Waals surface area contributed by atoms with Crippen LogP contribution < -0.4 is 0 Å². The molecule has 0 aromatic carbocycles. The van der Waals surface area contributed by atoms with Gasteiger partial charge in [-0.25, -0.2) is 4.79 Å². The van der Waals surface area contributed by atoms with Crippen molar-refractivity contribution in [3.05, 3.63) is 0 Å². The summed E-state index contributed by atoms with van der Waals surface area (Å²) in [5.74, 6) is -1.52. The van der Waals surface area contributed by atoms with Crippen molar-refractivity contribution >= 4 is 42.3 Å². The molecule has 0 bridgehead atoms. The molecule has 0 saturated carbocycles. The van der Waals surface area contributed by atoms with Gasteiger partial charge in [-0.05, 0) is 17.9 Å². The molecule has 1 N–H and O–H groups in total. The summed E-state index contributed by atoms with van der Waals surface area (Å²) in [6.45, 7) is 10.2. The Labute approximate surface area is 135 Å². The Kier molecular flexibility index (Phi) is 5.42. The van der Waals surface area contributed by atoms with E-state index in [0.717, 1.165) is 6.29 Å². The van der Waals surface area contributed by atoms with Crippen molar-refractivity contribution in [2.75, 3.05) is 0 Å². The van der Waals surface area contributed by atoms with Gasteiger partial charge in [0.1, 0.15) is 12.3 Å². The molecule has 3 atom stereocenters. The number of halogens is 1. The van der Waals surface area contributed by atoms with Crippen molar-refractivity contribution in [1.82, 2.24) is 4.57 Å². The van der Waals surface area contributed by atoms with Crippen molar-refractivity contribution in [3.63, 3.8) is 0 Å². The van der Waals surface area contributed by atoms with Crippen molar-refractivity contribution in [2.24, 2.45) is 5.92 Å². The number of hydrogen-bond acceptors (Lipinski definition) is 3. The van der Waals surface area contributed by atoms with Gasteiger partial charge in [0.25, 0.3) is 0 Å². The van der Waals surface area contributed by atoms with Crippen LogP contribution in [0.1, 0.15) is 33.6 Å². The maximum atomic E-state index is 12.5. The van der Waals surface area contributed by atoms with Gasteiger partial charge in [0.2, 0.25) is 5.91 Å². The number of carbonyl (C=O) groups is 3. The largest absolute Gasteiger partial charge is 0.480 e. The maximum absolute atomic E-state index is 12.5. The highest BCUT2D eigenvalue weighted by Gasteiger charge is 2.59. The van der Waals surface area contributed by atoms with Crippen molar-refractivity contribution in [2.45, 2.75) is 62.6 Å². The molecule has 1 aliphatic heterocycles. The Morgan fingerprint density at radius 1 is 1.48 bits per heavy atom. The second-order valence-electron chi connectivity index (χ2n) is 7.14. The lowest BCUT2D eigenvalue weighted by molar-refractivity contribution is -0.164. The highest BCUT2D eigenvalue weighted by molar-refractivity contribution is 9.09. The van der Waals surface area contributed by atoms with Gasteiger partial charge in [0.05, 0.1) is 10.7 Å². The van der Waals surface area contributed by atoms with Crippen molar-refractivity contribution < 1.29 is 19.5 Å². The summed E-state index contributed by atoms with van der Waals surface area (Å²) in [5, 5.41) is 9.40. The fourth-order valence-corrected chi connectivity index (χ4v) is 5.19. The molecule has 0 spiro atoms. The van der Waals surface area contributed by atoms with Gasteiger partial charge < -0.3 is 14.5 Å². The molecule has 1 heterocycles. The van der Waals surface area contributed by atoms with Crippen LogP contribution in [0.3, 0.4) is 0 Å². The summed E-state index contributed by atoms with van der Waals surface area (Å²) >= 11 is 3.19. The van der Waals surface area contributed by atoms with Crippen LogP contribution in [0.5, 0.6) is 0 Å². The zero-order valence-corrected chi connectivity index (χ0v) is 15.8. The van der Waals surface area contributed by atoms with E-state index in [2.05, 4.69) is 36.7 Å². The minimum Gasteiger partial charge on any atom is -0.480 e. The number of rotatable bonds is 6. The van der Waals surface area contributed by atoms with E-state index in [1.807, 2.05) is 13.1 Å². The van der Waals surface area contributed by atoms with Crippen LogP contribution in [0.4, 0.5) is 0 Å². The van der Waals surface area contributed by atoms with E-state index in [1.54, 1.807) is 4.57 Å². The predicted molar refractivity (Wildman–Crippen MR) is 87.0 cm³/mol. The average molecular weight is 378 g/mol. The number of β-lactam (4-membered cyclic amide) rings is 1. The topological polar surface area (TPSA) is 74.7 Å². The monoisotopic (exact) mass is 377 g/mol. The van der Waals surface area contributed by atoms with Gasteiger partial charge >= 0.3 is 5.97 Å². The molecule has 1 fully saturated rings. The first kappa shape index (κ1) is 18.4. The number of amides is 1. The van der Waals surface area contributed by atoms with Crippen LogP contribution in [0.15, 0.2) is 0 Å². The predicted octanol–water partition coefficient (Wildman–Crippen LogP) is 2.65. The van der Waals surface area contributed by atoms with Crippen molar-refractivity contribution in [3.8, 4) is 0 Å². The second-order valence-corrected chi connectivity index (χ2v) is 13.4. The molecule has 0 aromatic rings. The van der Waals surface area contributed by atoms with E-state index in [9.17, 15) is 19.5 Å². The van der Waals surface area contributed by atoms with Crippen LogP contribution in [0, 0.1) is 5.92 Å². The first-order valence-electron chi connectivity index (χ1n) is 7.10. The summed E-state index contributed by atoms with van der Waals surface area (Å²) in [6, 6.07) is -0.746. The summed E-state index contributed by atoms with van der Waals surface area (Å²) in [4.78, 5) is 34.4. The first-order valence-corrected chi connectivity index (χ1v) is 11.0. The van der Waals surface area contributed by atoms with E-state index in [0.29, 0.717) is 12.8 Å². The first-order chi connectivity index (χ1) is 9.45. The number of carboxylic acid groups (broad SMARTS) is 1. The molecule has 0 aliphatic carbocycles. The zero-order valence-electron chi connectivity index (χ0n) is 13.2. The molecule has 1 saturated heterocycles. The Morgan fingerprint density at radius 3 is 2.38 bits per heavy atom. The third kappa shape index (κ3) is 3.39. The van der Waals surface area contributed by atoms with Gasteiger partial charge in [0.15, 0.2) is 8.24 Å². The van der Waals surface area contributed by atoms with Gasteiger partial charge in [-0.2, -0.15) is 0 Å². The highest BCUT2D eigenvalue weighted by atomic mass is 79.9. The van der Waals surface area contributed by atoms with Crippen LogP contribution in [0.25, 0.3) is 0 Å². The van der Waals surface area contributed by atoms with E-state index >= 15 is 0 Å². The fraction of sp³-hybridized carbons (Fsp3) is 0.786. The molecule has 7 heteroatoms. The fourth-order valence-electron chi connectivity index (χ4n) is 2.50.